The Hall–Kier alpha value is -1.07. The van der Waals surface area contributed by atoms with Crippen LogP contribution in [0.25, 0.3) is 0 Å². The molecule has 0 aliphatic heterocycles. The Balaban J connectivity index is 2.85. The summed E-state index contributed by atoms with van der Waals surface area (Å²) in [6, 6.07) is 0. The molecule has 1 rings (SSSR count). The Bertz CT molecular complexity index is 278. The van der Waals surface area contributed by atoms with E-state index in [0.29, 0.717) is 10.7 Å². The fourth-order valence-corrected chi connectivity index (χ4v) is 1.16. The first-order valence-corrected chi connectivity index (χ1v) is 4.20. The van der Waals surface area contributed by atoms with Crippen LogP contribution in [0.5, 0.6) is 0 Å². The highest BCUT2D eigenvalue weighted by Crippen LogP contribution is 2.13. The molecule has 1 atom stereocenters. The number of rotatable bonds is 3. The zero-order valence-electron chi connectivity index (χ0n) is 7.52. The van der Waals surface area contributed by atoms with Crippen LogP contribution in [0.2, 0.25) is 0 Å². The summed E-state index contributed by atoms with van der Waals surface area (Å²) in [6.45, 7) is 0. The van der Waals surface area contributed by atoms with Gasteiger partial charge in [0.05, 0.1) is 11.9 Å². The molecule has 0 aromatic carbocycles. The Morgan fingerprint density at radius 2 is 2.38 bits per heavy atom. The molecule has 1 N–H and O–H groups in total. The molecule has 70 valence electrons. The molecule has 1 heterocycles. The van der Waals surface area contributed by atoms with Gasteiger partial charge in [-0.2, -0.15) is 0 Å². The van der Waals surface area contributed by atoms with E-state index in [1.165, 1.54) is 0 Å². The fraction of sp³-hybridized carbons (Fsp3) is 0.375. The van der Waals surface area contributed by atoms with Crippen LogP contribution in [0.15, 0.2) is 18.6 Å². The van der Waals surface area contributed by atoms with Gasteiger partial charge in [0.2, 0.25) is 0 Å². The third-order valence-corrected chi connectivity index (χ3v) is 1.99. The number of hydrogen-bond acceptors (Lipinski definition) is 4. The molecule has 0 aliphatic carbocycles. The Labute approximate surface area is 82.4 Å². The number of thiocarbonyl (C=S) groups is 1. The minimum atomic E-state index is -0.311. The lowest BCUT2D eigenvalue weighted by Gasteiger charge is -2.14. The molecule has 4 nitrogen and oxygen atoms in total. The lowest BCUT2D eigenvalue weighted by Crippen LogP contribution is -2.25. The van der Waals surface area contributed by atoms with Crippen LogP contribution in [0.1, 0.15) is 11.8 Å². The molecule has 1 unspecified atom stereocenters. The van der Waals surface area contributed by atoms with Gasteiger partial charge in [-0.3, -0.25) is 9.97 Å². The molecule has 0 spiro atoms. The van der Waals surface area contributed by atoms with Gasteiger partial charge in [-0.25, -0.2) is 0 Å². The van der Waals surface area contributed by atoms with Gasteiger partial charge in [0.25, 0.3) is 0 Å². The topological polar surface area (TPSA) is 47.0 Å². The van der Waals surface area contributed by atoms with Gasteiger partial charge in [-0.15, -0.1) is 0 Å². The van der Waals surface area contributed by atoms with Gasteiger partial charge >= 0.3 is 0 Å². The van der Waals surface area contributed by atoms with Crippen molar-refractivity contribution in [3.63, 3.8) is 0 Å². The van der Waals surface area contributed by atoms with E-state index in [9.17, 15) is 0 Å². The number of methoxy groups -OCH3 is 1. The summed E-state index contributed by atoms with van der Waals surface area (Å²) in [4.78, 5) is 8.64. The number of ether oxygens (including phenoxy) is 1. The molecule has 0 bridgehead atoms. The summed E-state index contributed by atoms with van der Waals surface area (Å²) in [6.07, 6.45) is 4.55. The minimum absolute atomic E-state index is 0.311. The summed E-state index contributed by atoms with van der Waals surface area (Å²) in [7, 11) is 3.34. The number of hydrogen-bond donors (Lipinski definition) is 1. The minimum Gasteiger partial charge on any atom is -0.380 e. The summed E-state index contributed by atoms with van der Waals surface area (Å²) < 4.78 is 5.18. The lowest BCUT2D eigenvalue weighted by molar-refractivity contribution is 0.153. The number of nitrogens with zero attached hydrogens (tertiary/aromatic N) is 2. The SMILES string of the molecule is CNC(=S)C(OC)c1cnccn1. The average Bonchev–Trinajstić information content (AvgIpc) is 2.20. The smallest absolute Gasteiger partial charge is 0.150 e. The molecular weight excluding hydrogens is 186 g/mol. The highest BCUT2D eigenvalue weighted by atomic mass is 32.1. The van der Waals surface area contributed by atoms with Gasteiger partial charge in [-0.05, 0) is 0 Å². The summed E-state index contributed by atoms with van der Waals surface area (Å²) >= 11 is 5.05. The van der Waals surface area contributed by atoms with E-state index in [2.05, 4.69) is 15.3 Å². The van der Waals surface area contributed by atoms with Gasteiger partial charge in [0.15, 0.2) is 6.10 Å². The van der Waals surface area contributed by atoms with E-state index in [0.717, 1.165) is 0 Å². The molecule has 0 radical (unpaired) electrons. The van der Waals surface area contributed by atoms with Crippen molar-refractivity contribution >= 4 is 17.2 Å². The number of nitrogens with one attached hydrogen (secondary N) is 1. The first kappa shape index (κ1) is 10.0. The van der Waals surface area contributed by atoms with E-state index >= 15 is 0 Å². The third-order valence-electron chi connectivity index (χ3n) is 1.57. The molecule has 0 fully saturated rings. The van der Waals surface area contributed by atoms with Crippen LogP contribution in [-0.4, -0.2) is 29.1 Å². The second-order valence-electron chi connectivity index (χ2n) is 2.36. The van der Waals surface area contributed by atoms with Gasteiger partial charge < -0.3 is 10.1 Å². The van der Waals surface area contributed by atoms with Crippen LogP contribution in [0, 0.1) is 0 Å². The quantitative estimate of drug-likeness (QED) is 0.723. The van der Waals surface area contributed by atoms with Crippen molar-refractivity contribution in [1.29, 1.82) is 0 Å². The highest BCUT2D eigenvalue weighted by Gasteiger charge is 2.15. The Morgan fingerprint density at radius 1 is 1.62 bits per heavy atom. The van der Waals surface area contributed by atoms with E-state index in [4.69, 9.17) is 17.0 Å². The molecule has 0 saturated carbocycles. The normalized spacial score (nSPS) is 12.2. The predicted octanol–water partition coefficient (Wildman–Crippen LogP) is 0.711. The van der Waals surface area contributed by atoms with Gasteiger partial charge in [0.1, 0.15) is 4.99 Å². The van der Waals surface area contributed by atoms with Crippen LogP contribution in [-0.2, 0) is 4.74 Å². The molecule has 0 amide bonds. The number of likely N-dealkylation sites (N-methyl/N-ethyl adjacent to an activating group) is 1. The van der Waals surface area contributed by atoms with E-state index in [1.54, 1.807) is 32.7 Å². The van der Waals surface area contributed by atoms with Gasteiger partial charge in [-0.1, -0.05) is 12.2 Å². The molecule has 0 aliphatic rings. The highest BCUT2D eigenvalue weighted by molar-refractivity contribution is 7.80. The van der Waals surface area contributed by atoms with Crippen molar-refractivity contribution in [2.24, 2.45) is 0 Å². The monoisotopic (exact) mass is 197 g/mol. The van der Waals surface area contributed by atoms with E-state index in [-0.39, 0.29) is 6.10 Å². The van der Waals surface area contributed by atoms with Gasteiger partial charge in [0, 0.05) is 26.6 Å². The molecule has 0 saturated heterocycles. The summed E-state index contributed by atoms with van der Waals surface area (Å²) in [5, 5.41) is 2.85. The van der Waals surface area contributed by atoms with E-state index in [1.807, 2.05) is 0 Å². The maximum absolute atomic E-state index is 5.18. The van der Waals surface area contributed by atoms with Crippen LogP contribution in [0.3, 0.4) is 0 Å². The molecule has 1 aromatic heterocycles. The fourth-order valence-electron chi connectivity index (χ4n) is 0.939. The lowest BCUT2D eigenvalue weighted by atomic mass is 10.2. The van der Waals surface area contributed by atoms with Crippen molar-refractivity contribution in [3.8, 4) is 0 Å². The zero-order valence-corrected chi connectivity index (χ0v) is 8.34. The van der Waals surface area contributed by atoms with Crippen LogP contribution >= 0.6 is 12.2 Å². The second kappa shape index (κ2) is 4.84. The molecule has 13 heavy (non-hydrogen) atoms. The predicted molar refractivity (Wildman–Crippen MR) is 53.4 cm³/mol. The molecular formula is C8H11N3OS. The Kier molecular flexibility index (Phi) is 3.72. The zero-order chi connectivity index (χ0) is 9.68. The maximum Gasteiger partial charge on any atom is 0.150 e. The second-order valence-corrected chi connectivity index (χ2v) is 2.80. The van der Waals surface area contributed by atoms with E-state index < -0.39 is 0 Å². The first-order valence-electron chi connectivity index (χ1n) is 3.80. The standard InChI is InChI=1S/C8H11N3OS/c1-9-8(13)7(12-2)6-5-10-3-4-11-6/h3-5,7H,1-2H3,(H,9,13). The van der Waals surface area contributed by atoms with Crippen molar-refractivity contribution < 1.29 is 4.74 Å². The summed E-state index contributed by atoms with van der Waals surface area (Å²) in [5.74, 6) is 0. The van der Waals surface area contributed by atoms with Crippen LogP contribution in [0.4, 0.5) is 0 Å². The van der Waals surface area contributed by atoms with Crippen molar-refractivity contribution in [2.75, 3.05) is 14.2 Å². The number of aromatic nitrogens is 2. The van der Waals surface area contributed by atoms with Crippen molar-refractivity contribution in [3.05, 3.63) is 24.3 Å². The molecule has 1 aromatic rings. The maximum atomic E-state index is 5.18. The van der Waals surface area contributed by atoms with Crippen molar-refractivity contribution in [2.45, 2.75) is 6.10 Å². The van der Waals surface area contributed by atoms with Crippen molar-refractivity contribution in [1.82, 2.24) is 15.3 Å². The van der Waals surface area contributed by atoms with Crippen LogP contribution < -0.4 is 5.32 Å². The molecule has 5 heteroatoms. The third kappa shape index (κ3) is 2.43. The first-order chi connectivity index (χ1) is 6.29. The largest absolute Gasteiger partial charge is 0.380 e. The summed E-state index contributed by atoms with van der Waals surface area (Å²) in [5.41, 5.74) is 0.712. The average molecular weight is 197 g/mol. The Morgan fingerprint density at radius 3 is 2.85 bits per heavy atom.